The number of carbonyl (C=O) groups excluding carboxylic acids is 2. The molecule has 0 aliphatic heterocycles. The summed E-state index contributed by atoms with van der Waals surface area (Å²) in [5.74, 6) is -0.487. The smallest absolute Gasteiger partial charge is 0.326 e. The van der Waals surface area contributed by atoms with Gasteiger partial charge in [-0.25, -0.2) is 9.36 Å². The summed E-state index contributed by atoms with van der Waals surface area (Å²) in [7, 11) is 0. The van der Waals surface area contributed by atoms with Gasteiger partial charge in [-0.15, -0.1) is 0 Å². The fourth-order valence-corrected chi connectivity index (χ4v) is 10.8. The van der Waals surface area contributed by atoms with Crippen molar-refractivity contribution in [1.82, 2.24) is 30.2 Å². The number of fused-ring (bicyclic) bond motifs is 2. The molecule has 426 valence electrons. The van der Waals surface area contributed by atoms with Gasteiger partial charge in [0.1, 0.15) is 11.4 Å². The van der Waals surface area contributed by atoms with Crippen LogP contribution in [0.3, 0.4) is 0 Å². The van der Waals surface area contributed by atoms with E-state index in [2.05, 4.69) is 61.8 Å². The zero-order valence-electron chi connectivity index (χ0n) is 45.3. The van der Waals surface area contributed by atoms with Crippen LogP contribution >= 0.6 is 0 Å². The third kappa shape index (κ3) is 12.2. The Morgan fingerprint density at radius 3 is 1.57 bits per heavy atom. The van der Waals surface area contributed by atoms with Gasteiger partial charge in [0, 0.05) is 30.1 Å². The number of aromatic nitrogens is 4. The van der Waals surface area contributed by atoms with Crippen LogP contribution in [0.25, 0.3) is 32.9 Å². The molecular weight excluding hydrogens is 1080 g/mol. The van der Waals surface area contributed by atoms with Gasteiger partial charge >= 0.3 is 12.4 Å². The van der Waals surface area contributed by atoms with Crippen molar-refractivity contribution in [2.24, 2.45) is 23.3 Å². The lowest BCUT2D eigenvalue weighted by atomic mass is 9.93. The average molecular weight is 1140 g/mol. The molecule has 2 saturated carbocycles. The van der Waals surface area contributed by atoms with Crippen molar-refractivity contribution in [2.75, 3.05) is 23.7 Å². The zero-order valence-corrected chi connectivity index (χ0v) is 45.3. The maximum absolute atomic E-state index is 14.4. The van der Waals surface area contributed by atoms with Gasteiger partial charge in [-0.3, -0.25) is 9.59 Å². The highest BCUT2D eigenvalue weighted by molar-refractivity contribution is 6.04. The molecule has 2 aliphatic rings. The van der Waals surface area contributed by atoms with Crippen LogP contribution in [-0.2, 0) is 18.9 Å². The number of anilines is 2. The summed E-state index contributed by atoms with van der Waals surface area (Å²) in [5.41, 5.74) is 16.5. The highest BCUT2D eigenvalue weighted by Gasteiger charge is 2.38. The second-order valence-corrected chi connectivity index (χ2v) is 21.8. The van der Waals surface area contributed by atoms with Crippen molar-refractivity contribution in [1.29, 1.82) is 0 Å². The van der Waals surface area contributed by atoms with Crippen LogP contribution in [0.2, 0.25) is 0 Å². The number of nitrogens with zero attached hydrogens (tertiary/aromatic N) is 4. The van der Waals surface area contributed by atoms with Crippen LogP contribution < -0.4 is 32.7 Å². The molecule has 3 unspecified atom stereocenters. The van der Waals surface area contributed by atoms with Crippen molar-refractivity contribution in [3.8, 4) is 11.4 Å². The first-order valence-corrected chi connectivity index (χ1v) is 27.8. The van der Waals surface area contributed by atoms with Crippen LogP contribution in [-0.4, -0.2) is 44.5 Å². The third-order valence-electron chi connectivity index (χ3n) is 15.6. The lowest BCUT2D eigenvalue weighted by Crippen LogP contribution is -2.25. The fraction of sp³-hybridized carbons (Fsp3) is 0.212. The van der Waals surface area contributed by atoms with Gasteiger partial charge in [-0.05, 0) is 172 Å². The lowest BCUT2D eigenvalue weighted by Gasteiger charge is -2.22. The predicted molar refractivity (Wildman–Crippen MR) is 313 cm³/mol. The van der Waals surface area contributed by atoms with Crippen LogP contribution in [0, 0.1) is 11.8 Å². The Bertz CT molecular complexity index is 4080. The molecule has 2 fully saturated rings. The van der Waals surface area contributed by atoms with Crippen molar-refractivity contribution in [3.63, 3.8) is 0 Å². The standard InChI is InChI=1S/C66H58F6N10O2/c67-65(68,69)58-34-56(81(79-58)52-16-3-8-41(28-52)36-73)63(83)77-50-14-4-12-47(31-50)61(75-37-39-20-21-39)49-27-25-43-29-46(26-24-44(43)30-49)60(74)45-11-6-17-53(33-45)82-57(35-59(80-82)66(70,71)72)64(84)78-51-15-5-13-48(32-51)62(76-38-40-22-23-40)55-19-7-10-42-9-1-2-18-54(42)55/h1-19,24-35,39-40,60-62,75-76H,20-23,36-38,73-74H2,(H,77,83)(H,78,84). The van der Waals surface area contributed by atoms with E-state index in [0.717, 1.165) is 110 Å². The van der Waals surface area contributed by atoms with Gasteiger partial charge in [0.25, 0.3) is 11.8 Å². The molecule has 0 saturated heterocycles. The number of nitrogens with two attached hydrogens (primary N) is 2. The number of halogens is 6. The Kier molecular flexibility index (Phi) is 15.2. The Hall–Kier alpha value is -8.94. The molecule has 0 radical (unpaired) electrons. The Morgan fingerprint density at radius 1 is 0.500 bits per heavy atom. The summed E-state index contributed by atoms with van der Waals surface area (Å²) in [6.07, 6.45) is -5.16. The van der Waals surface area contributed by atoms with Gasteiger partial charge in [0.05, 0.1) is 29.5 Å². The lowest BCUT2D eigenvalue weighted by molar-refractivity contribution is -0.142. The number of amides is 2. The number of alkyl halides is 6. The van der Waals surface area contributed by atoms with E-state index in [1.165, 1.54) is 0 Å². The summed E-state index contributed by atoms with van der Waals surface area (Å²) in [4.78, 5) is 28.1. The minimum absolute atomic E-state index is 0.139. The second kappa shape index (κ2) is 23.0. The monoisotopic (exact) mass is 1140 g/mol. The van der Waals surface area contributed by atoms with Gasteiger partial charge in [0.15, 0.2) is 11.4 Å². The molecule has 12 rings (SSSR count). The number of benzene rings is 8. The van der Waals surface area contributed by atoms with Crippen LogP contribution in [0.1, 0.15) is 115 Å². The third-order valence-corrected chi connectivity index (χ3v) is 15.6. The molecular formula is C66H58F6N10O2. The molecule has 2 amide bonds. The highest BCUT2D eigenvalue weighted by atomic mass is 19.4. The zero-order chi connectivity index (χ0) is 58.3. The van der Waals surface area contributed by atoms with Crippen molar-refractivity contribution in [2.45, 2.75) is 62.7 Å². The molecule has 0 bridgehead atoms. The Labute approximate surface area is 479 Å². The summed E-state index contributed by atoms with van der Waals surface area (Å²) in [5, 5.41) is 24.7. The van der Waals surface area contributed by atoms with Crippen LogP contribution in [0.4, 0.5) is 37.7 Å². The molecule has 8 aromatic carbocycles. The molecule has 3 atom stereocenters. The van der Waals surface area contributed by atoms with E-state index in [-0.39, 0.29) is 41.4 Å². The van der Waals surface area contributed by atoms with Crippen molar-refractivity contribution in [3.05, 3.63) is 250 Å². The fourth-order valence-electron chi connectivity index (χ4n) is 10.8. The second-order valence-electron chi connectivity index (χ2n) is 21.8. The minimum atomic E-state index is -4.85. The van der Waals surface area contributed by atoms with E-state index in [1.54, 1.807) is 72.8 Å². The number of nitrogens with one attached hydrogen (secondary N) is 4. The molecule has 10 aromatic rings. The van der Waals surface area contributed by atoms with E-state index >= 15 is 0 Å². The maximum atomic E-state index is 14.4. The quantitative estimate of drug-likeness (QED) is 0.0435. The van der Waals surface area contributed by atoms with Crippen molar-refractivity contribution >= 4 is 44.7 Å². The maximum Gasteiger partial charge on any atom is 0.435 e. The first kappa shape index (κ1) is 55.6. The normalized spacial score (nSPS) is 14.8. The largest absolute Gasteiger partial charge is 0.435 e. The molecule has 0 spiro atoms. The number of rotatable bonds is 19. The molecule has 2 heterocycles. The molecule has 2 aliphatic carbocycles. The van der Waals surface area contributed by atoms with Gasteiger partial charge in [0.2, 0.25) is 0 Å². The number of hydrogen-bond donors (Lipinski definition) is 6. The van der Waals surface area contributed by atoms with Gasteiger partial charge in [-0.1, -0.05) is 115 Å². The molecule has 84 heavy (non-hydrogen) atoms. The van der Waals surface area contributed by atoms with E-state index in [9.17, 15) is 35.9 Å². The molecule has 12 nitrogen and oxygen atoms in total. The average Bonchev–Trinajstić information content (AvgIpc) is 4.53. The topological polar surface area (TPSA) is 170 Å². The molecule has 8 N–H and O–H groups in total. The van der Waals surface area contributed by atoms with E-state index in [4.69, 9.17) is 11.5 Å². The number of carbonyl (C=O) groups is 2. The minimum Gasteiger partial charge on any atom is -0.326 e. The number of hydrogen-bond acceptors (Lipinski definition) is 8. The predicted octanol–water partition coefficient (Wildman–Crippen LogP) is 13.6. The first-order valence-electron chi connectivity index (χ1n) is 27.8. The summed E-state index contributed by atoms with van der Waals surface area (Å²) in [6, 6.07) is 54.0. The van der Waals surface area contributed by atoms with E-state index in [0.29, 0.717) is 34.3 Å². The Balaban J connectivity index is 0.787. The summed E-state index contributed by atoms with van der Waals surface area (Å²) >= 11 is 0. The molecule has 18 heteroatoms. The summed E-state index contributed by atoms with van der Waals surface area (Å²) in [6.45, 7) is 1.68. The highest BCUT2D eigenvalue weighted by Crippen LogP contribution is 2.37. The van der Waals surface area contributed by atoms with Crippen molar-refractivity contribution < 1.29 is 35.9 Å². The van der Waals surface area contributed by atoms with Gasteiger partial charge in [-0.2, -0.15) is 36.5 Å². The van der Waals surface area contributed by atoms with Crippen LogP contribution in [0.15, 0.2) is 188 Å². The first-order chi connectivity index (χ1) is 40.5. The Morgan fingerprint density at radius 2 is 0.976 bits per heavy atom. The van der Waals surface area contributed by atoms with Crippen LogP contribution in [0.5, 0.6) is 0 Å². The van der Waals surface area contributed by atoms with E-state index < -0.39 is 41.6 Å². The summed E-state index contributed by atoms with van der Waals surface area (Å²) < 4.78 is 87.3. The SMILES string of the molecule is NCc1cccc(-n2nc(C(F)(F)F)cc2C(=O)Nc2cccc(C(NCC3CC3)c3ccc4cc(C(N)c5cccc(-n6nc(C(F)(F)F)cc6C(=O)Nc6cccc(C(NCC7CC7)c7cccc8ccccc78)c6)c5)ccc4c3)c2)c1. The van der Waals surface area contributed by atoms with E-state index in [1.807, 2.05) is 72.8 Å². The molecule has 2 aromatic heterocycles. The van der Waals surface area contributed by atoms with Gasteiger partial charge < -0.3 is 32.7 Å².